The minimum Gasteiger partial charge on any atom is -0.342 e. The molecule has 4 amide bonds. The van der Waals surface area contributed by atoms with E-state index < -0.39 is 0 Å². The molecular formula is C22H42N4O3. The van der Waals surface area contributed by atoms with Crippen molar-refractivity contribution in [3.63, 3.8) is 0 Å². The Morgan fingerprint density at radius 3 is 2.28 bits per heavy atom. The van der Waals surface area contributed by atoms with Crippen LogP contribution in [0.25, 0.3) is 0 Å². The van der Waals surface area contributed by atoms with Crippen LogP contribution >= 0.6 is 0 Å². The summed E-state index contributed by atoms with van der Waals surface area (Å²) in [6, 6.07) is -0.301. The summed E-state index contributed by atoms with van der Waals surface area (Å²) < 4.78 is 0. The monoisotopic (exact) mass is 410 g/mol. The van der Waals surface area contributed by atoms with Gasteiger partial charge in [0.05, 0.1) is 0 Å². The van der Waals surface area contributed by atoms with E-state index in [0.717, 1.165) is 25.8 Å². The molecule has 0 saturated carbocycles. The predicted molar refractivity (Wildman–Crippen MR) is 116 cm³/mol. The van der Waals surface area contributed by atoms with Gasteiger partial charge in [-0.05, 0) is 52.2 Å². The lowest BCUT2D eigenvalue weighted by atomic mass is 9.80. The molecule has 1 aliphatic rings. The van der Waals surface area contributed by atoms with Crippen LogP contribution in [0.4, 0.5) is 4.79 Å². The number of urea groups is 1. The van der Waals surface area contributed by atoms with Crippen LogP contribution in [0.5, 0.6) is 0 Å². The highest BCUT2D eigenvalue weighted by atomic mass is 16.2. The molecule has 7 nitrogen and oxygen atoms in total. The van der Waals surface area contributed by atoms with Crippen LogP contribution in [-0.2, 0) is 9.59 Å². The van der Waals surface area contributed by atoms with Crippen LogP contribution in [0.15, 0.2) is 0 Å². The molecule has 0 aromatic rings. The van der Waals surface area contributed by atoms with E-state index in [4.69, 9.17) is 0 Å². The molecule has 1 heterocycles. The minimum atomic E-state index is -0.384. The lowest BCUT2D eigenvalue weighted by molar-refractivity contribution is -0.142. The molecule has 1 N–H and O–H groups in total. The van der Waals surface area contributed by atoms with Crippen LogP contribution in [0.3, 0.4) is 0 Å². The summed E-state index contributed by atoms with van der Waals surface area (Å²) in [5.74, 6) is 0.567. The molecule has 29 heavy (non-hydrogen) atoms. The van der Waals surface area contributed by atoms with E-state index in [1.54, 1.807) is 0 Å². The van der Waals surface area contributed by atoms with E-state index in [1.807, 2.05) is 46.7 Å². The molecule has 0 aliphatic carbocycles. The normalized spacial score (nSPS) is 19.9. The molecule has 0 aromatic heterocycles. The quantitative estimate of drug-likeness (QED) is 0.625. The second-order valence-electron chi connectivity index (χ2n) is 9.45. The first kappa shape index (κ1) is 25.4. The van der Waals surface area contributed by atoms with Gasteiger partial charge < -0.3 is 15.1 Å². The average molecular weight is 411 g/mol. The van der Waals surface area contributed by atoms with Gasteiger partial charge in [0.15, 0.2) is 0 Å². The van der Waals surface area contributed by atoms with Crippen LogP contribution in [0, 0.1) is 17.3 Å². The van der Waals surface area contributed by atoms with Crippen molar-refractivity contribution in [1.29, 1.82) is 0 Å². The predicted octanol–water partition coefficient (Wildman–Crippen LogP) is 2.81. The molecule has 1 rings (SSSR count). The highest BCUT2D eigenvalue weighted by Gasteiger charge is 2.36. The highest BCUT2D eigenvalue weighted by Crippen LogP contribution is 2.31. The first-order valence-electron chi connectivity index (χ1n) is 11.0. The number of imide groups is 1. The number of nitrogens with one attached hydrogen (secondary N) is 1. The van der Waals surface area contributed by atoms with Gasteiger partial charge in [-0.15, -0.1) is 0 Å². The number of rotatable bonds is 8. The number of carbonyl (C=O) groups excluding carboxylic acids is 3. The van der Waals surface area contributed by atoms with E-state index in [0.29, 0.717) is 38.5 Å². The number of hydrogen-bond donors (Lipinski definition) is 1. The van der Waals surface area contributed by atoms with Gasteiger partial charge in [-0.2, -0.15) is 0 Å². The standard InChI is InChI=1S/C22H42N4O3/c1-8-17-16-25(20(28)22(3,4)5)14-11-18(17)15-19(27)26(9-2)21(29)23-12-10-13-24(6)7/h17-18H,8-16H2,1-7H3,(H,23,29)/t17-,18-/m0/s1. The zero-order chi connectivity index (χ0) is 22.2. The fourth-order valence-corrected chi connectivity index (χ4v) is 3.92. The molecule has 1 aliphatic heterocycles. The number of carbonyl (C=O) groups is 3. The fraction of sp³-hybridized carbons (Fsp3) is 0.864. The molecular weight excluding hydrogens is 368 g/mol. The number of nitrogens with zero attached hydrogens (tertiary/aromatic N) is 3. The Morgan fingerprint density at radius 1 is 1.10 bits per heavy atom. The van der Waals surface area contributed by atoms with Crippen LogP contribution in [0.1, 0.15) is 60.3 Å². The Hall–Kier alpha value is -1.63. The summed E-state index contributed by atoms with van der Waals surface area (Å²) in [4.78, 5) is 43.2. The summed E-state index contributed by atoms with van der Waals surface area (Å²) >= 11 is 0. The number of amides is 4. The zero-order valence-electron chi connectivity index (χ0n) is 19.6. The average Bonchev–Trinajstić information content (AvgIpc) is 2.64. The van der Waals surface area contributed by atoms with Crippen molar-refractivity contribution in [2.24, 2.45) is 17.3 Å². The summed E-state index contributed by atoms with van der Waals surface area (Å²) in [5, 5.41) is 2.86. The largest absolute Gasteiger partial charge is 0.342 e. The minimum absolute atomic E-state index is 0.114. The van der Waals surface area contributed by atoms with E-state index in [-0.39, 0.29) is 29.2 Å². The van der Waals surface area contributed by atoms with E-state index >= 15 is 0 Å². The molecule has 1 fully saturated rings. The van der Waals surface area contributed by atoms with Gasteiger partial charge in [-0.25, -0.2) is 4.79 Å². The van der Waals surface area contributed by atoms with Crippen molar-refractivity contribution in [2.75, 3.05) is 46.8 Å². The van der Waals surface area contributed by atoms with Crippen molar-refractivity contribution >= 4 is 17.8 Å². The summed E-state index contributed by atoms with van der Waals surface area (Å²) in [6.45, 7) is 13.0. The molecule has 2 atom stereocenters. The topological polar surface area (TPSA) is 73.0 Å². The van der Waals surface area contributed by atoms with Crippen molar-refractivity contribution in [2.45, 2.75) is 60.3 Å². The Morgan fingerprint density at radius 2 is 1.76 bits per heavy atom. The molecule has 0 unspecified atom stereocenters. The van der Waals surface area contributed by atoms with Crippen molar-refractivity contribution in [3.8, 4) is 0 Å². The fourth-order valence-electron chi connectivity index (χ4n) is 3.92. The van der Waals surface area contributed by atoms with Crippen LogP contribution in [0.2, 0.25) is 0 Å². The lowest BCUT2D eigenvalue weighted by Gasteiger charge is -2.41. The molecule has 0 spiro atoms. The second-order valence-corrected chi connectivity index (χ2v) is 9.45. The van der Waals surface area contributed by atoms with Gasteiger partial charge in [-0.3, -0.25) is 14.5 Å². The Kier molecular flexibility index (Phi) is 10.1. The highest BCUT2D eigenvalue weighted by molar-refractivity contribution is 5.94. The third-order valence-corrected chi connectivity index (χ3v) is 5.70. The van der Waals surface area contributed by atoms with Crippen molar-refractivity contribution < 1.29 is 14.4 Å². The zero-order valence-corrected chi connectivity index (χ0v) is 19.6. The third-order valence-electron chi connectivity index (χ3n) is 5.70. The maximum absolute atomic E-state index is 12.8. The smallest absolute Gasteiger partial charge is 0.324 e. The number of hydrogen-bond acceptors (Lipinski definition) is 4. The number of piperidine rings is 1. The Labute approximate surface area is 177 Å². The van der Waals surface area contributed by atoms with E-state index in [2.05, 4.69) is 17.1 Å². The van der Waals surface area contributed by atoms with Gasteiger partial charge in [0.25, 0.3) is 0 Å². The van der Waals surface area contributed by atoms with Gasteiger partial charge in [0.2, 0.25) is 11.8 Å². The third kappa shape index (κ3) is 7.96. The summed E-state index contributed by atoms with van der Waals surface area (Å²) in [5.41, 5.74) is -0.384. The maximum Gasteiger partial charge on any atom is 0.324 e. The van der Waals surface area contributed by atoms with Crippen molar-refractivity contribution in [1.82, 2.24) is 20.0 Å². The van der Waals surface area contributed by atoms with Crippen LogP contribution < -0.4 is 5.32 Å². The second kappa shape index (κ2) is 11.5. The van der Waals surface area contributed by atoms with Gasteiger partial charge in [0, 0.05) is 38.0 Å². The van der Waals surface area contributed by atoms with Gasteiger partial charge in [0.1, 0.15) is 0 Å². The SMILES string of the molecule is CC[C@H]1CN(C(=O)C(C)(C)C)CC[C@H]1CC(=O)N(CC)C(=O)NCCCN(C)C. The van der Waals surface area contributed by atoms with E-state index in [1.165, 1.54) is 4.90 Å². The first-order chi connectivity index (χ1) is 13.5. The number of likely N-dealkylation sites (tertiary alicyclic amines) is 1. The van der Waals surface area contributed by atoms with Crippen LogP contribution in [-0.4, -0.2) is 79.4 Å². The molecule has 7 heteroatoms. The molecule has 0 bridgehead atoms. The molecule has 168 valence electrons. The van der Waals surface area contributed by atoms with Gasteiger partial charge in [-0.1, -0.05) is 34.1 Å². The van der Waals surface area contributed by atoms with Gasteiger partial charge >= 0.3 is 6.03 Å². The van der Waals surface area contributed by atoms with E-state index in [9.17, 15) is 14.4 Å². The Bertz CT molecular complexity index is 557. The molecule has 1 saturated heterocycles. The first-order valence-corrected chi connectivity index (χ1v) is 11.0. The summed E-state index contributed by atoms with van der Waals surface area (Å²) in [6.07, 6.45) is 2.96. The van der Waals surface area contributed by atoms with Crippen molar-refractivity contribution in [3.05, 3.63) is 0 Å². The summed E-state index contributed by atoms with van der Waals surface area (Å²) in [7, 11) is 3.99. The lowest BCUT2D eigenvalue weighted by Crippen LogP contribution is -2.49. The Balaban J connectivity index is 2.62. The maximum atomic E-state index is 12.8. The molecule has 0 aromatic carbocycles. The molecule has 0 radical (unpaired) electrons.